The summed E-state index contributed by atoms with van der Waals surface area (Å²) in [5.74, 6) is 0.458. The van der Waals surface area contributed by atoms with Gasteiger partial charge in [-0.05, 0) is 54.8 Å². The van der Waals surface area contributed by atoms with E-state index in [1.807, 2.05) is 25.1 Å². The van der Waals surface area contributed by atoms with Gasteiger partial charge >= 0.3 is 0 Å². The fraction of sp³-hybridized carbons (Fsp3) is 0.250. The molecule has 0 saturated heterocycles. The van der Waals surface area contributed by atoms with Crippen LogP contribution >= 0.6 is 15.9 Å². The maximum atomic E-state index is 14.0. The molecule has 0 aliphatic carbocycles. The van der Waals surface area contributed by atoms with Crippen LogP contribution < -0.4 is 10.5 Å². The Labute approximate surface area is 126 Å². The standard InChI is InChI=1S/C16H17BrFNO/c1-2-13(19)9-11-3-8-16(15(18)10-11)20-14-6-4-12(17)5-7-14/h3-8,10,13H,2,9,19H2,1H3. The molecule has 1 unspecified atom stereocenters. The van der Waals surface area contributed by atoms with Crippen LogP contribution in [-0.2, 0) is 6.42 Å². The molecule has 4 heteroatoms. The van der Waals surface area contributed by atoms with Gasteiger partial charge in [0, 0.05) is 10.5 Å². The van der Waals surface area contributed by atoms with E-state index >= 15 is 0 Å². The van der Waals surface area contributed by atoms with E-state index < -0.39 is 0 Å². The Kier molecular flexibility index (Phi) is 5.15. The summed E-state index contributed by atoms with van der Waals surface area (Å²) in [4.78, 5) is 0. The van der Waals surface area contributed by atoms with E-state index in [0.717, 1.165) is 16.5 Å². The highest BCUT2D eigenvalue weighted by Crippen LogP contribution is 2.26. The second kappa shape index (κ2) is 6.86. The van der Waals surface area contributed by atoms with Crippen molar-refractivity contribution in [2.45, 2.75) is 25.8 Å². The molecule has 2 nitrogen and oxygen atoms in total. The highest BCUT2D eigenvalue weighted by atomic mass is 79.9. The number of nitrogens with two attached hydrogens (primary N) is 1. The molecule has 0 spiro atoms. The minimum atomic E-state index is -0.367. The summed E-state index contributed by atoms with van der Waals surface area (Å²) in [6.07, 6.45) is 1.55. The molecule has 106 valence electrons. The lowest BCUT2D eigenvalue weighted by molar-refractivity contribution is 0.441. The second-order valence-corrected chi connectivity index (χ2v) is 5.61. The third-order valence-electron chi connectivity index (χ3n) is 3.06. The van der Waals surface area contributed by atoms with E-state index in [1.54, 1.807) is 18.2 Å². The molecule has 2 N–H and O–H groups in total. The molecule has 0 bridgehead atoms. The Bertz CT molecular complexity index is 571. The average molecular weight is 338 g/mol. The summed E-state index contributed by atoms with van der Waals surface area (Å²) in [5.41, 5.74) is 6.76. The van der Waals surface area contributed by atoms with E-state index in [-0.39, 0.29) is 17.6 Å². The molecule has 2 aromatic carbocycles. The van der Waals surface area contributed by atoms with Gasteiger partial charge in [-0.3, -0.25) is 0 Å². The van der Waals surface area contributed by atoms with Crippen molar-refractivity contribution in [3.8, 4) is 11.5 Å². The summed E-state index contributed by atoms with van der Waals surface area (Å²) in [6.45, 7) is 2.02. The predicted octanol–water partition coefficient (Wildman–Crippen LogP) is 4.66. The number of ether oxygens (including phenoxy) is 1. The quantitative estimate of drug-likeness (QED) is 0.861. The number of rotatable bonds is 5. The first kappa shape index (κ1) is 15.0. The van der Waals surface area contributed by atoms with Crippen LogP contribution in [0.3, 0.4) is 0 Å². The molecular formula is C16H17BrFNO. The first-order valence-electron chi connectivity index (χ1n) is 6.56. The van der Waals surface area contributed by atoms with Gasteiger partial charge in [0.2, 0.25) is 0 Å². The van der Waals surface area contributed by atoms with Crippen LogP contribution in [0, 0.1) is 5.82 Å². The van der Waals surface area contributed by atoms with E-state index in [2.05, 4.69) is 15.9 Å². The Morgan fingerprint density at radius 1 is 1.20 bits per heavy atom. The van der Waals surface area contributed by atoms with Crippen molar-refractivity contribution < 1.29 is 9.13 Å². The topological polar surface area (TPSA) is 35.2 Å². The zero-order valence-corrected chi connectivity index (χ0v) is 12.9. The van der Waals surface area contributed by atoms with Crippen molar-refractivity contribution in [2.24, 2.45) is 5.73 Å². The van der Waals surface area contributed by atoms with Crippen LogP contribution in [0.5, 0.6) is 11.5 Å². The highest BCUT2D eigenvalue weighted by Gasteiger charge is 2.08. The monoisotopic (exact) mass is 337 g/mol. The fourth-order valence-electron chi connectivity index (χ4n) is 1.83. The Hall–Kier alpha value is -1.39. The van der Waals surface area contributed by atoms with Gasteiger partial charge in [-0.15, -0.1) is 0 Å². The summed E-state index contributed by atoms with van der Waals surface area (Å²) >= 11 is 3.34. The molecule has 0 amide bonds. The number of hydrogen-bond donors (Lipinski definition) is 1. The molecule has 20 heavy (non-hydrogen) atoms. The molecule has 0 heterocycles. The van der Waals surface area contributed by atoms with Gasteiger partial charge in [0.05, 0.1) is 0 Å². The maximum absolute atomic E-state index is 14.0. The lowest BCUT2D eigenvalue weighted by Crippen LogP contribution is -2.21. The van der Waals surface area contributed by atoms with Crippen LogP contribution in [0.4, 0.5) is 4.39 Å². The summed E-state index contributed by atoms with van der Waals surface area (Å²) in [7, 11) is 0. The molecule has 2 aromatic rings. The van der Waals surface area contributed by atoms with E-state index in [1.165, 1.54) is 6.07 Å². The summed E-state index contributed by atoms with van der Waals surface area (Å²) in [6, 6.07) is 12.3. The van der Waals surface area contributed by atoms with Crippen molar-refractivity contribution in [1.29, 1.82) is 0 Å². The molecule has 0 radical (unpaired) electrons. The van der Waals surface area contributed by atoms with Gasteiger partial charge in [0.25, 0.3) is 0 Å². The SMILES string of the molecule is CCC(N)Cc1ccc(Oc2ccc(Br)cc2)c(F)c1. The first-order valence-corrected chi connectivity index (χ1v) is 7.35. The van der Waals surface area contributed by atoms with Gasteiger partial charge in [-0.1, -0.05) is 28.9 Å². The summed E-state index contributed by atoms with van der Waals surface area (Å²) in [5, 5.41) is 0. The minimum absolute atomic E-state index is 0.0626. The number of halogens is 2. The molecular weight excluding hydrogens is 321 g/mol. The molecule has 2 rings (SSSR count). The molecule has 0 aliphatic heterocycles. The van der Waals surface area contributed by atoms with Gasteiger partial charge < -0.3 is 10.5 Å². The largest absolute Gasteiger partial charge is 0.454 e. The lowest BCUT2D eigenvalue weighted by atomic mass is 10.0. The fourth-order valence-corrected chi connectivity index (χ4v) is 2.10. The zero-order valence-electron chi connectivity index (χ0n) is 11.3. The smallest absolute Gasteiger partial charge is 0.165 e. The van der Waals surface area contributed by atoms with Crippen molar-refractivity contribution in [3.63, 3.8) is 0 Å². The summed E-state index contributed by atoms with van der Waals surface area (Å²) < 4.78 is 20.5. The van der Waals surface area contributed by atoms with Gasteiger partial charge in [0.15, 0.2) is 11.6 Å². The molecule has 1 atom stereocenters. The van der Waals surface area contributed by atoms with Gasteiger partial charge in [0.1, 0.15) is 5.75 Å². The van der Waals surface area contributed by atoms with E-state index in [9.17, 15) is 4.39 Å². The Morgan fingerprint density at radius 3 is 2.50 bits per heavy atom. The van der Waals surface area contributed by atoms with Crippen molar-refractivity contribution in [2.75, 3.05) is 0 Å². The maximum Gasteiger partial charge on any atom is 0.165 e. The van der Waals surface area contributed by atoms with Crippen molar-refractivity contribution >= 4 is 15.9 Å². The normalized spacial score (nSPS) is 12.2. The third kappa shape index (κ3) is 4.05. The van der Waals surface area contributed by atoms with Crippen LogP contribution in [0.2, 0.25) is 0 Å². The van der Waals surface area contributed by atoms with Crippen LogP contribution in [0.15, 0.2) is 46.9 Å². The van der Waals surface area contributed by atoms with E-state index in [0.29, 0.717) is 12.2 Å². The zero-order chi connectivity index (χ0) is 14.5. The Morgan fingerprint density at radius 2 is 1.90 bits per heavy atom. The predicted molar refractivity (Wildman–Crippen MR) is 82.6 cm³/mol. The average Bonchev–Trinajstić information content (AvgIpc) is 2.44. The molecule has 0 saturated carbocycles. The van der Waals surface area contributed by atoms with Crippen LogP contribution in [0.1, 0.15) is 18.9 Å². The Balaban J connectivity index is 2.11. The number of benzene rings is 2. The molecule has 0 aromatic heterocycles. The van der Waals surface area contributed by atoms with Crippen LogP contribution in [-0.4, -0.2) is 6.04 Å². The minimum Gasteiger partial charge on any atom is -0.454 e. The number of hydrogen-bond acceptors (Lipinski definition) is 2. The second-order valence-electron chi connectivity index (χ2n) is 4.69. The molecule has 0 fully saturated rings. The third-order valence-corrected chi connectivity index (χ3v) is 3.59. The van der Waals surface area contributed by atoms with Crippen LogP contribution in [0.25, 0.3) is 0 Å². The lowest BCUT2D eigenvalue weighted by Gasteiger charge is -2.11. The molecule has 0 aliphatic rings. The van der Waals surface area contributed by atoms with Crippen molar-refractivity contribution in [1.82, 2.24) is 0 Å². The van der Waals surface area contributed by atoms with E-state index in [4.69, 9.17) is 10.5 Å². The van der Waals surface area contributed by atoms with Crippen molar-refractivity contribution in [3.05, 3.63) is 58.3 Å². The highest BCUT2D eigenvalue weighted by molar-refractivity contribution is 9.10. The van der Waals surface area contributed by atoms with Gasteiger partial charge in [-0.25, -0.2) is 4.39 Å². The first-order chi connectivity index (χ1) is 9.58. The van der Waals surface area contributed by atoms with Gasteiger partial charge in [-0.2, -0.15) is 0 Å².